The lowest BCUT2D eigenvalue weighted by Gasteiger charge is -2.43. The monoisotopic (exact) mass is 1360 g/mol. The maximum atomic E-state index is 13.2. The van der Waals surface area contributed by atoms with Crippen LogP contribution in [0.25, 0.3) is 17.1 Å². The van der Waals surface area contributed by atoms with E-state index in [1.54, 1.807) is 48.5 Å². The zero-order chi connectivity index (χ0) is 70.7. The van der Waals surface area contributed by atoms with Gasteiger partial charge >= 0.3 is 5.97 Å². The topological polar surface area (TPSA) is 406 Å². The highest BCUT2D eigenvalue weighted by molar-refractivity contribution is 6.13. The number of nitrogens with two attached hydrogens (primary N) is 3. The molecule has 98 heavy (non-hydrogen) atoms. The van der Waals surface area contributed by atoms with Crippen molar-refractivity contribution >= 4 is 52.6 Å². The Bertz CT molecular complexity index is 4220. The van der Waals surface area contributed by atoms with Crippen molar-refractivity contribution in [3.63, 3.8) is 0 Å². The third-order valence-corrected chi connectivity index (χ3v) is 14.6. The molecule has 28 nitrogen and oxygen atoms in total. The highest BCUT2D eigenvalue weighted by Crippen LogP contribution is 2.28. The molecule has 2 amide bonds. The minimum absolute atomic E-state index is 0.0595. The number of carbonyl (C=O) groups excluding carboxylic acids is 5. The molecule has 12 N–H and O–H groups in total. The molecule has 0 saturated carbocycles. The molecule has 4 heterocycles. The lowest BCUT2D eigenvalue weighted by molar-refractivity contribution is -0.259. The van der Waals surface area contributed by atoms with Crippen molar-refractivity contribution in [3.8, 4) is 34.3 Å². The van der Waals surface area contributed by atoms with E-state index in [0.717, 1.165) is 4.90 Å². The molecular weight excluding hydrogens is 1290 g/mol. The van der Waals surface area contributed by atoms with Crippen molar-refractivity contribution in [2.24, 2.45) is 0 Å². The Kier molecular flexibility index (Phi) is 25.1. The molecule has 0 bridgehead atoms. The molecule has 1 unspecified atom stereocenters. The minimum Gasteiger partial charge on any atom is -0.488 e. The second-order valence-corrected chi connectivity index (χ2v) is 21.2. The Morgan fingerprint density at radius 2 is 0.939 bits per heavy atom. The number of ether oxygens (including phenoxy) is 6. The Hall–Kier alpha value is -11.3. The van der Waals surface area contributed by atoms with Gasteiger partial charge in [-0.3, -0.25) is 28.8 Å². The summed E-state index contributed by atoms with van der Waals surface area (Å²) in [4.78, 5) is 74.5. The summed E-state index contributed by atoms with van der Waals surface area (Å²) in [7, 11) is 1.31. The number of nitrogens with one attached hydrogen (secondary N) is 1. The van der Waals surface area contributed by atoms with Gasteiger partial charge in [0.05, 0.1) is 58.9 Å². The summed E-state index contributed by atoms with van der Waals surface area (Å²) in [5.41, 5.74) is 21.2. The molecule has 1 saturated heterocycles. The van der Waals surface area contributed by atoms with Crippen LogP contribution in [0.4, 0.5) is 30.6 Å². The third kappa shape index (κ3) is 18.4. The standard InChI is InChI=1S/C25H27FN4O8.C22H24FN3O4.C20H17FN4O5/c1-29(25-23(36)22(35)21(34)18(11-31)38-25)19(32)12-37-16-4-2-3-13(9-16)20(33)17-10-28-30(24(17)27)15-7-5-14(26)6-8-15;1-3-28-20(29-4-2)14-30-18-7-5-6-15(12-18)21(27)19-13-25-26(22(19)24)17-10-8-16(23)9-11-17;21-13-4-6-14(7-5-13)25-20(22)16(9-24-25)19(29)12-2-1-3-15(8-12)30-11-17(26)23-10-18(27)28/h2-10,18,21-23,25,31,34-36H,11-12,27H2,1H3;5-13,20H,3-4,14,24H2,1-2H3;1-9H,10-11,22H2,(H,23,26)(H,27,28)/t18-,21-,22+,23+,25?;;/m1../s1. The predicted molar refractivity (Wildman–Crippen MR) is 344 cm³/mol. The van der Waals surface area contributed by atoms with Gasteiger partial charge in [-0.15, -0.1) is 0 Å². The van der Waals surface area contributed by atoms with Gasteiger partial charge in [-0.25, -0.2) is 27.2 Å². The van der Waals surface area contributed by atoms with E-state index in [0.29, 0.717) is 41.6 Å². The van der Waals surface area contributed by atoms with Crippen molar-refractivity contribution in [2.75, 3.05) is 70.4 Å². The van der Waals surface area contributed by atoms with Gasteiger partial charge in [0, 0.05) is 37.0 Å². The lowest BCUT2D eigenvalue weighted by atomic mass is 9.98. The molecule has 514 valence electrons. The van der Waals surface area contributed by atoms with Crippen molar-refractivity contribution in [3.05, 3.63) is 215 Å². The molecular formula is C67H68F3N11O17. The number of aliphatic carboxylic acids is 1. The zero-order valence-corrected chi connectivity index (χ0v) is 52.6. The van der Waals surface area contributed by atoms with Crippen LogP contribution in [0.3, 0.4) is 0 Å². The second-order valence-electron chi connectivity index (χ2n) is 21.2. The maximum absolute atomic E-state index is 13.2. The van der Waals surface area contributed by atoms with Crippen LogP contribution in [0.2, 0.25) is 0 Å². The number of nitrogens with zero attached hydrogens (tertiary/aromatic N) is 7. The fraction of sp³-hybridized carbons (Fsp3) is 0.239. The number of aliphatic hydroxyl groups is 4. The van der Waals surface area contributed by atoms with Crippen LogP contribution >= 0.6 is 0 Å². The van der Waals surface area contributed by atoms with Gasteiger partial charge in [-0.1, -0.05) is 36.4 Å². The van der Waals surface area contributed by atoms with Gasteiger partial charge in [-0.2, -0.15) is 15.3 Å². The van der Waals surface area contributed by atoms with Crippen LogP contribution in [0.1, 0.15) is 61.6 Å². The van der Waals surface area contributed by atoms with E-state index in [2.05, 4.69) is 20.6 Å². The summed E-state index contributed by atoms with van der Waals surface area (Å²) in [6.07, 6.45) is -3.79. The first-order valence-corrected chi connectivity index (χ1v) is 29.9. The number of rotatable bonds is 26. The molecule has 5 atom stereocenters. The number of carbonyl (C=O) groups is 6. The van der Waals surface area contributed by atoms with Crippen molar-refractivity contribution in [2.45, 2.75) is 50.8 Å². The fourth-order valence-corrected chi connectivity index (χ4v) is 9.46. The summed E-state index contributed by atoms with van der Waals surface area (Å²) in [6, 6.07) is 35.5. The number of nitrogen functional groups attached to an aromatic ring is 3. The molecule has 0 aliphatic carbocycles. The molecule has 1 fully saturated rings. The van der Waals surface area contributed by atoms with Crippen LogP contribution in [0, 0.1) is 17.5 Å². The number of carboxylic acids is 1. The van der Waals surface area contributed by atoms with Gasteiger partial charge in [-0.05, 0) is 123 Å². The van der Waals surface area contributed by atoms with E-state index in [1.807, 2.05) is 13.8 Å². The molecule has 3 aromatic heterocycles. The number of amides is 2. The van der Waals surface area contributed by atoms with E-state index in [4.69, 9.17) is 50.7 Å². The molecule has 0 radical (unpaired) electrons. The van der Waals surface area contributed by atoms with E-state index in [9.17, 15) is 62.4 Å². The summed E-state index contributed by atoms with van der Waals surface area (Å²) in [6.45, 7) is 2.90. The minimum atomic E-state index is -1.63. The number of carboxylic acid groups (broad SMARTS) is 1. The van der Waals surface area contributed by atoms with Gasteiger partial charge in [0.15, 0.2) is 43.1 Å². The number of aromatic nitrogens is 6. The van der Waals surface area contributed by atoms with Crippen molar-refractivity contribution in [1.82, 2.24) is 39.6 Å². The third-order valence-electron chi connectivity index (χ3n) is 14.6. The van der Waals surface area contributed by atoms with E-state index in [1.165, 1.54) is 137 Å². The number of benzene rings is 6. The first-order valence-electron chi connectivity index (χ1n) is 29.9. The highest BCUT2D eigenvalue weighted by atomic mass is 19.1. The Morgan fingerprint density at radius 3 is 1.31 bits per heavy atom. The summed E-state index contributed by atoms with van der Waals surface area (Å²) in [5, 5.41) is 62.5. The average Bonchev–Trinajstić information content (AvgIpc) is 1.21. The Morgan fingerprint density at radius 1 is 0.561 bits per heavy atom. The van der Waals surface area contributed by atoms with E-state index in [-0.39, 0.29) is 75.0 Å². The number of hydrogen-bond acceptors (Lipinski definition) is 22. The molecule has 0 spiro atoms. The Balaban J connectivity index is 0.000000190. The zero-order valence-electron chi connectivity index (χ0n) is 52.6. The van der Waals surface area contributed by atoms with Crippen molar-refractivity contribution < 1.29 is 95.9 Å². The van der Waals surface area contributed by atoms with Gasteiger partial charge in [0.1, 0.15) is 89.7 Å². The summed E-state index contributed by atoms with van der Waals surface area (Å²) < 4.78 is 76.3. The average molecular weight is 1360 g/mol. The molecule has 1 aliphatic heterocycles. The predicted octanol–water partition coefficient (Wildman–Crippen LogP) is 4.47. The maximum Gasteiger partial charge on any atom is 0.322 e. The van der Waals surface area contributed by atoms with Gasteiger partial charge in [0.25, 0.3) is 11.8 Å². The van der Waals surface area contributed by atoms with Gasteiger partial charge in [0.2, 0.25) is 0 Å². The van der Waals surface area contributed by atoms with Crippen LogP contribution < -0.4 is 36.7 Å². The summed E-state index contributed by atoms with van der Waals surface area (Å²) in [5.74, 6) is -3.52. The molecule has 1 aliphatic rings. The lowest BCUT2D eigenvalue weighted by Crippen LogP contribution is -2.63. The SMILES string of the molecule is CCOC(COc1cccc(C(=O)c2cnn(-c3ccc(F)cc3)c2N)c1)OCC.CN(C(=O)COc1cccc(C(=O)c2cnn(-c3ccc(F)cc3)c2N)c1)C1O[C@H](CO)[C@@H](O)[C@H](O)[C@@H]1O.Nc1c(C(=O)c2cccc(OCC(=O)NCC(=O)O)c2)cnn1-c1ccc(F)cc1. The quantitative estimate of drug-likeness (QED) is 0.0267. The number of hydrogen-bond donors (Lipinski definition) is 9. The highest BCUT2D eigenvalue weighted by Gasteiger charge is 2.46. The van der Waals surface area contributed by atoms with Crippen LogP contribution in [0.5, 0.6) is 17.2 Å². The van der Waals surface area contributed by atoms with Crippen LogP contribution in [-0.4, -0.2) is 185 Å². The molecule has 31 heteroatoms. The smallest absolute Gasteiger partial charge is 0.322 e. The molecule has 9 aromatic rings. The Labute approximate surface area is 556 Å². The number of aliphatic hydroxyl groups excluding tert-OH is 4. The number of likely N-dealkylation sites (N-methyl/N-ethyl adjacent to an activating group) is 1. The number of halogens is 3. The van der Waals surface area contributed by atoms with Gasteiger partial charge < -0.3 is 81.4 Å². The van der Waals surface area contributed by atoms with Crippen LogP contribution in [0.15, 0.2) is 164 Å². The molecule has 10 rings (SSSR count). The number of anilines is 3. The van der Waals surface area contributed by atoms with E-state index >= 15 is 0 Å². The first-order chi connectivity index (χ1) is 47.0. The molecule has 6 aromatic carbocycles. The largest absolute Gasteiger partial charge is 0.488 e. The second kappa shape index (κ2) is 33.9. The normalized spacial score (nSPS) is 15.6. The summed E-state index contributed by atoms with van der Waals surface area (Å²) >= 11 is 0. The fourth-order valence-electron chi connectivity index (χ4n) is 9.46. The van der Waals surface area contributed by atoms with Crippen LogP contribution in [-0.2, 0) is 28.6 Å². The van der Waals surface area contributed by atoms with Crippen molar-refractivity contribution in [1.29, 1.82) is 0 Å². The van der Waals surface area contributed by atoms with E-state index < -0.39 is 104 Å². The first kappa shape index (κ1) is 72.5. The number of ketones is 3.